The van der Waals surface area contributed by atoms with Crippen molar-refractivity contribution >= 4 is 15.8 Å². The Bertz CT molecular complexity index is 506. The number of nitrogens with one attached hydrogen (secondary N) is 1. The molecule has 0 unspecified atom stereocenters. The number of nitrogens with zero attached hydrogens (tertiary/aromatic N) is 2. The third kappa shape index (κ3) is 2.50. The molecule has 0 aromatic carbocycles. The van der Waals surface area contributed by atoms with Crippen molar-refractivity contribution in [1.29, 1.82) is 0 Å². The molecule has 2 rings (SSSR count). The summed E-state index contributed by atoms with van der Waals surface area (Å²) in [6, 6.07) is -0.446. The maximum atomic E-state index is 12.2. The summed E-state index contributed by atoms with van der Waals surface area (Å²) in [6.45, 7) is 0. The van der Waals surface area contributed by atoms with Crippen molar-refractivity contribution in [2.75, 3.05) is 5.73 Å². The number of imidazole rings is 1. The van der Waals surface area contributed by atoms with Crippen molar-refractivity contribution in [2.24, 2.45) is 7.05 Å². The minimum Gasteiger partial charge on any atom is -0.391 e. The largest absolute Gasteiger partial charge is 0.391 e. The van der Waals surface area contributed by atoms with Crippen molar-refractivity contribution in [3.05, 3.63) is 6.33 Å². The van der Waals surface area contributed by atoms with Gasteiger partial charge in [0, 0.05) is 13.1 Å². The molecule has 1 fully saturated rings. The van der Waals surface area contributed by atoms with E-state index in [0.717, 1.165) is 12.8 Å². The molecule has 1 saturated carbocycles. The lowest BCUT2D eigenvalue weighted by Gasteiger charge is -2.28. The van der Waals surface area contributed by atoms with E-state index in [1.165, 1.54) is 10.9 Å². The second kappa shape index (κ2) is 4.87. The fourth-order valence-electron chi connectivity index (χ4n) is 2.27. The summed E-state index contributed by atoms with van der Waals surface area (Å²) in [5, 5.41) is 9.73. The zero-order valence-electron chi connectivity index (χ0n) is 10.2. The van der Waals surface area contributed by atoms with Crippen LogP contribution in [0.1, 0.15) is 25.7 Å². The lowest BCUT2D eigenvalue weighted by molar-refractivity contribution is 0.101. The van der Waals surface area contributed by atoms with Gasteiger partial charge in [-0.2, -0.15) is 0 Å². The van der Waals surface area contributed by atoms with Crippen LogP contribution >= 0.6 is 0 Å². The molecule has 2 atom stereocenters. The number of aryl methyl sites for hydroxylation is 1. The summed E-state index contributed by atoms with van der Waals surface area (Å²) in [5.74, 6) is -0.0321. The highest BCUT2D eigenvalue weighted by Gasteiger charge is 2.30. The zero-order chi connectivity index (χ0) is 13.3. The average Bonchev–Trinajstić information content (AvgIpc) is 2.62. The smallest absolute Gasteiger partial charge is 0.260 e. The quantitative estimate of drug-likeness (QED) is 0.693. The number of sulfonamides is 1. The van der Waals surface area contributed by atoms with Crippen molar-refractivity contribution in [3.8, 4) is 0 Å². The monoisotopic (exact) mass is 274 g/mol. The normalized spacial score (nSPS) is 25.2. The van der Waals surface area contributed by atoms with Crippen LogP contribution in [0.15, 0.2) is 11.4 Å². The molecule has 4 N–H and O–H groups in total. The molecular weight excluding hydrogens is 256 g/mol. The first kappa shape index (κ1) is 13.3. The summed E-state index contributed by atoms with van der Waals surface area (Å²) < 4.78 is 28.2. The molecule has 0 spiro atoms. The molecule has 102 valence electrons. The maximum absolute atomic E-state index is 12.2. The van der Waals surface area contributed by atoms with Crippen molar-refractivity contribution < 1.29 is 13.5 Å². The van der Waals surface area contributed by atoms with Crippen molar-refractivity contribution in [1.82, 2.24) is 14.3 Å². The number of anilines is 1. The number of nitrogen functional groups attached to an aromatic ring is 1. The van der Waals surface area contributed by atoms with E-state index in [1.54, 1.807) is 7.05 Å². The second-order valence-corrected chi connectivity index (χ2v) is 6.25. The summed E-state index contributed by atoms with van der Waals surface area (Å²) in [6.07, 6.45) is 3.80. The van der Waals surface area contributed by atoms with Gasteiger partial charge in [-0.05, 0) is 12.8 Å². The molecule has 0 amide bonds. The van der Waals surface area contributed by atoms with E-state index >= 15 is 0 Å². The van der Waals surface area contributed by atoms with Gasteiger partial charge < -0.3 is 15.4 Å². The number of nitrogens with two attached hydrogens (primary N) is 1. The van der Waals surface area contributed by atoms with E-state index in [2.05, 4.69) is 9.71 Å². The first-order valence-corrected chi connectivity index (χ1v) is 7.37. The van der Waals surface area contributed by atoms with E-state index in [4.69, 9.17) is 5.73 Å². The molecule has 8 heteroatoms. The van der Waals surface area contributed by atoms with Crippen LogP contribution in [0.3, 0.4) is 0 Å². The zero-order valence-corrected chi connectivity index (χ0v) is 11.0. The summed E-state index contributed by atoms with van der Waals surface area (Å²) in [4.78, 5) is 3.75. The van der Waals surface area contributed by atoms with Crippen LogP contribution in [0, 0.1) is 0 Å². The average molecular weight is 274 g/mol. The predicted molar refractivity (Wildman–Crippen MR) is 66.2 cm³/mol. The van der Waals surface area contributed by atoms with Crippen LogP contribution in [-0.4, -0.2) is 35.2 Å². The highest BCUT2D eigenvalue weighted by Crippen LogP contribution is 2.22. The molecule has 1 aromatic rings. The van der Waals surface area contributed by atoms with E-state index in [9.17, 15) is 13.5 Å². The van der Waals surface area contributed by atoms with Gasteiger partial charge in [0.05, 0.1) is 12.4 Å². The Kier molecular flexibility index (Phi) is 3.60. The first-order valence-electron chi connectivity index (χ1n) is 5.89. The molecular formula is C10H18N4O3S. The fraction of sp³-hybridized carbons (Fsp3) is 0.700. The topological polar surface area (TPSA) is 110 Å². The Balaban J connectivity index is 2.22. The van der Waals surface area contributed by atoms with Gasteiger partial charge >= 0.3 is 0 Å². The number of rotatable bonds is 3. The highest BCUT2D eigenvalue weighted by atomic mass is 32.2. The van der Waals surface area contributed by atoms with Gasteiger partial charge in [0.2, 0.25) is 0 Å². The predicted octanol–water partition coefficient (Wildman–Crippen LogP) is -0.416. The Morgan fingerprint density at radius 3 is 2.72 bits per heavy atom. The van der Waals surface area contributed by atoms with E-state index < -0.39 is 22.2 Å². The summed E-state index contributed by atoms with van der Waals surface area (Å²) in [7, 11) is -2.18. The number of hydrogen-bond acceptors (Lipinski definition) is 5. The van der Waals surface area contributed by atoms with Gasteiger partial charge in [-0.15, -0.1) is 0 Å². The van der Waals surface area contributed by atoms with Gasteiger partial charge in [-0.1, -0.05) is 12.8 Å². The molecule has 0 radical (unpaired) electrons. The van der Waals surface area contributed by atoms with Gasteiger partial charge in [-0.25, -0.2) is 18.1 Å². The molecule has 1 aliphatic carbocycles. The van der Waals surface area contributed by atoms with Gasteiger partial charge in [-0.3, -0.25) is 0 Å². The van der Waals surface area contributed by atoms with Crippen molar-refractivity contribution in [2.45, 2.75) is 42.9 Å². The Morgan fingerprint density at radius 1 is 1.50 bits per heavy atom. The summed E-state index contributed by atoms with van der Waals surface area (Å²) >= 11 is 0. The van der Waals surface area contributed by atoms with E-state index in [1.807, 2.05) is 0 Å². The lowest BCUT2D eigenvalue weighted by Crippen LogP contribution is -2.45. The minimum atomic E-state index is -3.75. The van der Waals surface area contributed by atoms with Crippen LogP contribution in [0.4, 0.5) is 5.82 Å². The third-order valence-electron chi connectivity index (χ3n) is 3.20. The van der Waals surface area contributed by atoms with E-state index in [0.29, 0.717) is 12.8 Å². The first-order chi connectivity index (χ1) is 8.42. The van der Waals surface area contributed by atoms with Gasteiger partial charge in [0.15, 0.2) is 10.8 Å². The van der Waals surface area contributed by atoms with Crippen LogP contribution < -0.4 is 10.5 Å². The number of aliphatic hydroxyl groups excluding tert-OH is 1. The fourth-order valence-corrected chi connectivity index (χ4v) is 3.81. The maximum Gasteiger partial charge on any atom is 0.260 e. The van der Waals surface area contributed by atoms with Crippen LogP contribution in [0.5, 0.6) is 0 Å². The van der Waals surface area contributed by atoms with Gasteiger partial charge in [0.25, 0.3) is 10.0 Å². The van der Waals surface area contributed by atoms with Crippen molar-refractivity contribution in [3.63, 3.8) is 0 Å². The molecule has 0 saturated heterocycles. The molecule has 18 heavy (non-hydrogen) atoms. The summed E-state index contributed by atoms with van der Waals surface area (Å²) in [5.41, 5.74) is 5.55. The molecule has 0 aliphatic heterocycles. The molecule has 1 aliphatic rings. The van der Waals surface area contributed by atoms with Crippen LogP contribution in [0.2, 0.25) is 0 Å². The minimum absolute atomic E-state index is 0.0321. The standard InChI is InChI=1S/C10H18N4O3S/c1-14-6-12-9(11)10(14)18(16,17)13-7-4-2-3-5-8(7)15/h6-8,13,15H,2-5,11H2,1H3/t7-,8-/m1/s1. The molecule has 7 nitrogen and oxygen atoms in total. The third-order valence-corrected chi connectivity index (χ3v) is 4.82. The molecule has 1 heterocycles. The Hall–Kier alpha value is -1.12. The highest BCUT2D eigenvalue weighted by molar-refractivity contribution is 7.89. The molecule has 0 bridgehead atoms. The number of aromatic nitrogens is 2. The van der Waals surface area contributed by atoms with E-state index in [-0.39, 0.29) is 10.8 Å². The van der Waals surface area contributed by atoms with Gasteiger partial charge in [0.1, 0.15) is 0 Å². The Morgan fingerprint density at radius 2 is 2.17 bits per heavy atom. The van der Waals surface area contributed by atoms with Crippen LogP contribution in [0.25, 0.3) is 0 Å². The molecule has 1 aromatic heterocycles. The SMILES string of the molecule is Cn1cnc(N)c1S(=O)(=O)N[C@@H]1CCCC[C@H]1O. The Labute approximate surface area is 106 Å². The second-order valence-electron chi connectivity index (χ2n) is 4.63. The number of hydrogen-bond donors (Lipinski definition) is 3. The number of aliphatic hydroxyl groups is 1. The van der Waals surface area contributed by atoms with Crippen LogP contribution in [-0.2, 0) is 17.1 Å². The lowest BCUT2D eigenvalue weighted by atomic mass is 9.93.